The molecule has 30 heavy (non-hydrogen) atoms. The van der Waals surface area contributed by atoms with E-state index in [-0.39, 0.29) is 17.7 Å². The van der Waals surface area contributed by atoms with E-state index in [2.05, 4.69) is 12.2 Å². The maximum absolute atomic E-state index is 13.2. The number of hydrogen-bond donors (Lipinski definition) is 1. The average molecular weight is 414 g/mol. The number of hydrogen-bond acceptors (Lipinski definition) is 5. The number of ether oxygens (including phenoxy) is 1. The van der Waals surface area contributed by atoms with E-state index >= 15 is 0 Å². The summed E-state index contributed by atoms with van der Waals surface area (Å²) < 4.78 is 5.58. The highest BCUT2D eigenvalue weighted by Crippen LogP contribution is 2.33. The summed E-state index contributed by atoms with van der Waals surface area (Å²) in [5.41, 5.74) is 2.33. The van der Waals surface area contributed by atoms with E-state index in [1.54, 1.807) is 24.3 Å². The van der Waals surface area contributed by atoms with Crippen LogP contribution in [0, 0.1) is 0 Å². The first-order chi connectivity index (χ1) is 14.5. The van der Waals surface area contributed by atoms with Crippen molar-refractivity contribution in [1.82, 2.24) is 9.80 Å². The molecule has 0 aromatic heterocycles. The van der Waals surface area contributed by atoms with Gasteiger partial charge in [0.05, 0.1) is 5.57 Å². The maximum Gasteiger partial charge on any atom is 0.277 e. The molecule has 1 fully saturated rings. The summed E-state index contributed by atoms with van der Waals surface area (Å²) in [4.78, 5) is 41.0. The Morgan fingerprint density at radius 1 is 1.03 bits per heavy atom. The molecule has 0 atom stereocenters. The maximum atomic E-state index is 13.2. The molecule has 0 unspecified atom stereocenters. The van der Waals surface area contributed by atoms with E-state index in [0.717, 1.165) is 38.8 Å². The standard InChI is InChI=1S/C23H31N3O4/c1-3-4-15-30-16-7-14-26-22(28)20(21(23(26)29)25-12-5-6-13-25)18-8-10-19(11-9-18)24-17(2)27/h8-11H,3-7,12-16H2,1-2H3,(H,24,27). The lowest BCUT2D eigenvalue weighted by atomic mass is 10.0. The summed E-state index contributed by atoms with van der Waals surface area (Å²) >= 11 is 0. The Balaban J connectivity index is 1.77. The van der Waals surface area contributed by atoms with Gasteiger partial charge in [-0.05, 0) is 43.4 Å². The molecule has 1 saturated heterocycles. The quantitative estimate of drug-likeness (QED) is 0.471. The van der Waals surface area contributed by atoms with Crippen LogP contribution in [-0.2, 0) is 19.1 Å². The van der Waals surface area contributed by atoms with Crippen LogP contribution in [-0.4, -0.2) is 60.4 Å². The van der Waals surface area contributed by atoms with Gasteiger partial charge in [0.2, 0.25) is 5.91 Å². The van der Waals surface area contributed by atoms with Gasteiger partial charge < -0.3 is 15.0 Å². The topological polar surface area (TPSA) is 79.0 Å². The lowest BCUT2D eigenvalue weighted by Crippen LogP contribution is -2.35. The summed E-state index contributed by atoms with van der Waals surface area (Å²) in [5.74, 6) is -0.613. The minimum atomic E-state index is -0.247. The monoisotopic (exact) mass is 413 g/mol. The number of nitrogens with one attached hydrogen (secondary N) is 1. The molecule has 7 heteroatoms. The third kappa shape index (κ3) is 5.08. The first kappa shape index (κ1) is 22.0. The highest BCUT2D eigenvalue weighted by molar-refractivity contribution is 6.35. The summed E-state index contributed by atoms with van der Waals surface area (Å²) in [6.45, 7) is 6.74. The first-order valence-electron chi connectivity index (χ1n) is 10.8. The molecule has 2 aliphatic heterocycles. The Morgan fingerprint density at radius 3 is 2.33 bits per heavy atom. The third-order valence-corrected chi connectivity index (χ3v) is 5.37. The number of likely N-dealkylation sites (tertiary alicyclic amines) is 1. The van der Waals surface area contributed by atoms with E-state index in [4.69, 9.17) is 4.74 Å². The van der Waals surface area contributed by atoms with E-state index in [1.165, 1.54) is 11.8 Å². The van der Waals surface area contributed by atoms with Crippen LogP contribution >= 0.6 is 0 Å². The number of imide groups is 1. The van der Waals surface area contributed by atoms with Gasteiger partial charge in [-0.2, -0.15) is 0 Å². The Hall–Kier alpha value is -2.67. The van der Waals surface area contributed by atoms with Crippen LogP contribution in [0.3, 0.4) is 0 Å². The number of carbonyl (C=O) groups excluding carboxylic acids is 3. The van der Waals surface area contributed by atoms with Crippen LogP contribution in [0.25, 0.3) is 5.57 Å². The van der Waals surface area contributed by atoms with Gasteiger partial charge in [-0.1, -0.05) is 25.5 Å². The fraction of sp³-hybridized carbons (Fsp3) is 0.522. The molecular weight excluding hydrogens is 382 g/mol. The van der Waals surface area contributed by atoms with Crippen LogP contribution in [0.4, 0.5) is 5.69 Å². The number of anilines is 1. The Kier molecular flexibility index (Phi) is 7.63. The zero-order valence-electron chi connectivity index (χ0n) is 17.9. The fourth-order valence-corrected chi connectivity index (χ4v) is 3.86. The van der Waals surface area contributed by atoms with Gasteiger partial charge in [-0.15, -0.1) is 0 Å². The molecule has 7 nitrogen and oxygen atoms in total. The normalized spacial score (nSPS) is 16.7. The molecule has 162 valence electrons. The molecule has 2 aliphatic rings. The van der Waals surface area contributed by atoms with Gasteiger partial charge in [-0.25, -0.2) is 0 Å². The SMILES string of the molecule is CCCCOCCCN1C(=O)C(c2ccc(NC(C)=O)cc2)=C(N2CCCC2)C1=O. The lowest BCUT2D eigenvalue weighted by molar-refractivity contribution is -0.137. The highest BCUT2D eigenvalue weighted by Gasteiger charge is 2.41. The Labute approximate surface area is 178 Å². The number of unbranched alkanes of at least 4 members (excludes halogenated alkanes) is 1. The fourth-order valence-electron chi connectivity index (χ4n) is 3.86. The minimum absolute atomic E-state index is 0.154. The number of carbonyl (C=O) groups is 3. The first-order valence-corrected chi connectivity index (χ1v) is 10.8. The third-order valence-electron chi connectivity index (χ3n) is 5.37. The number of rotatable bonds is 10. The van der Waals surface area contributed by atoms with Gasteiger partial charge in [0, 0.05) is 45.5 Å². The van der Waals surface area contributed by atoms with Crippen molar-refractivity contribution in [2.45, 2.75) is 46.0 Å². The zero-order chi connectivity index (χ0) is 21.5. The summed E-state index contributed by atoms with van der Waals surface area (Å²) in [6, 6.07) is 7.10. The van der Waals surface area contributed by atoms with Crippen LogP contribution in [0.1, 0.15) is 51.5 Å². The van der Waals surface area contributed by atoms with Crippen molar-refractivity contribution >= 4 is 29.0 Å². The Bertz CT molecular complexity index is 810. The van der Waals surface area contributed by atoms with E-state index in [0.29, 0.717) is 48.7 Å². The van der Waals surface area contributed by atoms with Crippen LogP contribution < -0.4 is 5.32 Å². The van der Waals surface area contributed by atoms with Crippen LogP contribution in [0.5, 0.6) is 0 Å². The van der Waals surface area contributed by atoms with Gasteiger partial charge in [-0.3, -0.25) is 19.3 Å². The van der Waals surface area contributed by atoms with Crippen molar-refractivity contribution in [3.8, 4) is 0 Å². The van der Waals surface area contributed by atoms with Gasteiger partial charge in [0.25, 0.3) is 11.8 Å². The molecule has 2 heterocycles. The van der Waals surface area contributed by atoms with Crippen molar-refractivity contribution in [2.75, 3.05) is 38.2 Å². The second-order valence-corrected chi connectivity index (χ2v) is 7.76. The molecule has 1 aromatic carbocycles. The minimum Gasteiger partial charge on any atom is -0.381 e. The van der Waals surface area contributed by atoms with Gasteiger partial charge >= 0.3 is 0 Å². The van der Waals surface area contributed by atoms with Gasteiger partial charge in [0.1, 0.15) is 5.70 Å². The van der Waals surface area contributed by atoms with Crippen molar-refractivity contribution in [1.29, 1.82) is 0 Å². The second-order valence-electron chi connectivity index (χ2n) is 7.76. The zero-order valence-corrected chi connectivity index (χ0v) is 17.9. The van der Waals surface area contributed by atoms with Crippen LogP contribution in [0.15, 0.2) is 30.0 Å². The largest absolute Gasteiger partial charge is 0.381 e. The molecule has 0 aliphatic carbocycles. The number of amides is 3. The van der Waals surface area contributed by atoms with Gasteiger partial charge in [0.15, 0.2) is 0 Å². The molecule has 3 rings (SSSR count). The molecule has 1 N–H and O–H groups in total. The highest BCUT2D eigenvalue weighted by atomic mass is 16.5. The van der Waals surface area contributed by atoms with E-state index in [9.17, 15) is 14.4 Å². The second kappa shape index (κ2) is 10.4. The molecule has 1 aromatic rings. The molecule has 0 saturated carbocycles. The van der Waals surface area contributed by atoms with Crippen molar-refractivity contribution < 1.29 is 19.1 Å². The molecule has 3 amide bonds. The lowest BCUT2D eigenvalue weighted by Gasteiger charge is -2.20. The van der Waals surface area contributed by atoms with Crippen molar-refractivity contribution in [2.24, 2.45) is 0 Å². The molecule has 0 spiro atoms. The summed E-state index contributed by atoms with van der Waals surface area (Å²) in [7, 11) is 0. The van der Waals surface area contributed by atoms with Crippen molar-refractivity contribution in [3.63, 3.8) is 0 Å². The average Bonchev–Trinajstić information content (AvgIpc) is 3.32. The smallest absolute Gasteiger partial charge is 0.277 e. The number of benzene rings is 1. The predicted molar refractivity (Wildman–Crippen MR) is 116 cm³/mol. The number of nitrogens with zero attached hydrogens (tertiary/aromatic N) is 2. The molecule has 0 bridgehead atoms. The van der Waals surface area contributed by atoms with E-state index < -0.39 is 0 Å². The van der Waals surface area contributed by atoms with Crippen molar-refractivity contribution in [3.05, 3.63) is 35.5 Å². The Morgan fingerprint density at radius 2 is 1.70 bits per heavy atom. The summed E-state index contributed by atoms with van der Waals surface area (Å²) in [6.07, 6.45) is 4.76. The van der Waals surface area contributed by atoms with E-state index in [1.807, 2.05) is 4.90 Å². The molecular formula is C23H31N3O4. The summed E-state index contributed by atoms with van der Waals surface area (Å²) in [5, 5.41) is 2.72. The predicted octanol–water partition coefficient (Wildman–Crippen LogP) is 3.03. The van der Waals surface area contributed by atoms with Crippen LogP contribution in [0.2, 0.25) is 0 Å². The molecule has 0 radical (unpaired) electrons.